The van der Waals surface area contributed by atoms with Crippen LogP contribution in [0.1, 0.15) is 19.8 Å². The minimum atomic E-state index is -0.870. The van der Waals surface area contributed by atoms with Gasteiger partial charge in [0.1, 0.15) is 30.5 Å². The van der Waals surface area contributed by atoms with Gasteiger partial charge in [-0.25, -0.2) is 0 Å². The summed E-state index contributed by atoms with van der Waals surface area (Å²) in [6, 6.07) is -0.797. The molecule has 0 aromatic carbocycles. The van der Waals surface area contributed by atoms with E-state index in [0.717, 1.165) is 0 Å². The lowest BCUT2D eigenvalue weighted by atomic mass is 9.85. The molecule has 0 radical (unpaired) electrons. The van der Waals surface area contributed by atoms with Crippen LogP contribution in [0.3, 0.4) is 0 Å². The van der Waals surface area contributed by atoms with Crippen LogP contribution in [0.15, 0.2) is 11.5 Å². The molecule has 0 aromatic heterocycles. The predicted molar refractivity (Wildman–Crippen MR) is 82.4 cm³/mol. The third kappa shape index (κ3) is 3.05. The van der Waals surface area contributed by atoms with Gasteiger partial charge in [-0.1, -0.05) is 0 Å². The Morgan fingerprint density at radius 3 is 2.73 bits per heavy atom. The second-order valence-electron chi connectivity index (χ2n) is 5.29. The molecule has 8 heteroatoms. The number of nitrogens with one attached hydrogen (secondary N) is 1. The molecule has 2 rings (SSSR count). The number of methoxy groups -OCH3 is 1. The van der Waals surface area contributed by atoms with E-state index in [2.05, 4.69) is 11.6 Å². The Hall–Kier alpha value is -1.72. The molecule has 0 spiro atoms. The average molecular weight is 327 g/mol. The van der Waals surface area contributed by atoms with Crippen LogP contribution in [0.25, 0.3) is 0 Å². The molecular formula is C14H20N2O5P+. The summed E-state index contributed by atoms with van der Waals surface area (Å²) in [7, 11) is 0.618. The van der Waals surface area contributed by atoms with E-state index in [1.807, 2.05) is 0 Å². The first-order chi connectivity index (χ1) is 10.4. The Labute approximate surface area is 130 Å². The molecule has 2 aliphatic heterocycles. The van der Waals surface area contributed by atoms with Crippen molar-refractivity contribution in [2.24, 2.45) is 0 Å². The van der Waals surface area contributed by atoms with Crippen molar-refractivity contribution in [1.82, 2.24) is 10.2 Å². The standard InChI is InChI=1S/C14H19N2O5P/c1-8(17)13-10(20-2)6-5-9-12(14(19)16(9)13)15-11(18)7-21-22(3)4/h9,12H,3,5-7H2,1-2,4H3/p+1. The summed E-state index contributed by atoms with van der Waals surface area (Å²) >= 11 is 0. The van der Waals surface area contributed by atoms with E-state index in [-0.39, 0.29) is 30.2 Å². The van der Waals surface area contributed by atoms with Gasteiger partial charge in [0.05, 0.1) is 13.2 Å². The van der Waals surface area contributed by atoms with Crippen molar-refractivity contribution in [3.63, 3.8) is 0 Å². The molecule has 0 aromatic rings. The summed E-state index contributed by atoms with van der Waals surface area (Å²) in [5, 5.41) is 2.67. The van der Waals surface area contributed by atoms with E-state index in [1.54, 1.807) is 6.66 Å². The predicted octanol–water partition coefficient (Wildman–Crippen LogP) is 0.398. The van der Waals surface area contributed by atoms with E-state index in [0.29, 0.717) is 24.3 Å². The number of amides is 2. The molecule has 2 heterocycles. The van der Waals surface area contributed by atoms with Crippen LogP contribution in [0.2, 0.25) is 0 Å². The maximum absolute atomic E-state index is 12.3. The number of β-lactam (4-membered cyclic amide) rings is 1. The minimum Gasteiger partial charge on any atom is -0.499 e. The van der Waals surface area contributed by atoms with E-state index < -0.39 is 13.8 Å². The van der Waals surface area contributed by atoms with Crippen molar-refractivity contribution in [3.8, 4) is 0 Å². The number of fused-ring (bicyclic) bond motifs is 1. The van der Waals surface area contributed by atoms with Crippen LogP contribution < -0.4 is 5.32 Å². The fraction of sp³-hybridized carbons (Fsp3) is 0.571. The van der Waals surface area contributed by atoms with Gasteiger partial charge < -0.3 is 10.1 Å². The second kappa shape index (κ2) is 6.58. The van der Waals surface area contributed by atoms with Crippen LogP contribution in [0.5, 0.6) is 0 Å². The normalized spacial score (nSPS) is 24.4. The van der Waals surface area contributed by atoms with E-state index in [4.69, 9.17) is 9.26 Å². The Bertz CT molecular complexity index is 572. The van der Waals surface area contributed by atoms with Gasteiger partial charge in [-0.05, 0) is 6.42 Å². The van der Waals surface area contributed by atoms with Crippen molar-refractivity contribution in [3.05, 3.63) is 11.5 Å². The monoisotopic (exact) mass is 327 g/mol. The van der Waals surface area contributed by atoms with Crippen molar-refractivity contribution in [2.75, 3.05) is 20.4 Å². The molecule has 1 N–H and O–H groups in total. The molecule has 3 atom stereocenters. The van der Waals surface area contributed by atoms with Gasteiger partial charge >= 0.3 is 0 Å². The molecule has 0 aliphatic carbocycles. The topological polar surface area (TPSA) is 84.9 Å². The Morgan fingerprint density at radius 1 is 1.50 bits per heavy atom. The molecule has 1 fully saturated rings. The van der Waals surface area contributed by atoms with Gasteiger partial charge in [0.2, 0.25) is 7.77 Å². The molecule has 120 valence electrons. The smallest absolute Gasteiger partial charge is 0.252 e. The quantitative estimate of drug-likeness (QED) is 0.564. The number of hydrogen-bond donors (Lipinski definition) is 1. The molecule has 0 bridgehead atoms. The number of allylic oxidation sites excluding steroid dienone is 2. The summed E-state index contributed by atoms with van der Waals surface area (Å²) in [6.45, 7) is 3.08. The van der Waals surface area contributed by atoms with Gasteiger partial charge in [0.15, 0.2) is 12.4 Å². The molecule has 3 unspecified atom stereocenters. The highest BCUT2D eigenvalue weighted by Gasteiger charge is 2.53. The van der Waals surface area contributed by atoms with Crippen LogP contribution in [-0.2, 0) is 23.6 Å². The fourth-order valence-corrected chi connectivity index (χ4v) is 3.09. The zero-order valence-corrected chi connectivity index (χ0v) is 13.8. The van der Waals surface area contributed by atoms with Crippen molar-refractivity contribution >= 4 is 31.7 Å². The highest BCUT2D eigenvalue weighted by Crippen LogP contribution is 2.37. The van der Waals surface area contributed by atoms with Crippen molar-refractivity contribution in [1.29, 1.82) is 0 Å². The Morgan fingerprint density at radius 2 is 2.18 bits per heavy atom. The Balaban J connectivity index is 2.05. The number of carbonyl (C=O) groups excluding carboxylic acids is 3. The highest BCUT2D eigenvalue weighted by atomic mass is 31.1. The van der Waals surface area contributed by atoms with Crippen LogP contribution in [0, 0.1) is 0 Å². The molecule has 7 nitrogen and oxygen atoms in total. The third-order valence-corrected chi connectivity index (χ3v) is 4.27. The molecule has 2 aliphatic rings. The molecule has 22 heavy (non-hydrogen) atoms. The number of ketones is 1. The summed E-state index contributed by atoms with van der Waals surface area (Å²) in [5.74, 6) is -0.316. The first-order valence-corrected chi connectivity index (χ1v) is 8.83. The first-order valence-electron chi connectivity index (χ1n) is 6.94. The summed E-state index contributed by atoms with van der Waals surface area (Å²) < 4.78 is 10.4. The first kappa shape index (κ1) is 16.6. The zero-order valence-electron chi connectivity index (χ0n) is 12.9. The molecule has 0 saturated carbocycles. The lowest BCUT2D eigenvalue weighted by Crippen LogP contribution is -2.71. The number of nitrogens with zero attached hydrogens (tertiary/aromatic N) is 1. The third-order valence-electron chi connectivity index (χ3n) is 3.70. The maximum Gasteiger partial charge on any atom is 0.252 e. The number of ether oxygens (including phenoxy) is 1. The Kier molecular flexibility index (Phi) is 4.98. The lowest BCUT2D eigenvalue weighted by Gasteiger charge is -2.50. The van der Waals surface area contributed by atoms with Gasteiger partial charge in [0.25, 0.3) is 11.8 Å². The van der Waals surface area contributed by atoms with Crippen LogP contribution in [-0.4, -0.2) is 61.3 Å². The number of rotatable bonds is 6. The van der Waals surface area contributed by atoms with Crippen molar-refractivity contribution < 1.29 is 23.6 Å². The van der Waals surface area contributed by atoms with Crippen LogP contribution >= 0.6 is 7.77 Å². The highest BCUT2D eigenvalue weighted by molar-refractivity contribution is 7.49. The van der Waals surface area contributed by atoms with Crippen LogP contribution in [0.4, 0.5) is 0 Å². The van der Waals surface area contributed by atoms with Gasteiger partial charge in [-0.15, -0.1) is 0 Å². The van der Waals surface area contributed by atoms with E-state index in [1.165, 1.54) is 18.9 Å². The average Bonchev–Trinajstić information content (AvgIpc) is 2.48. The summed E-state index contributed by atoms with van der Waals surface area (Å²) in [4.78, 5) is 37.2. The SMILES string of the molecule is C=[P+](C)OCC(=O)NC1C(=O)N2C(C(C)=O)=C(OC)CCC12. The number of Topliss-reactive ketones (excluding diaryl/α,β-unsaturated/α-hetero) is 1. The fourth-order valence-electron chi connectivity index (χ4n) is 2.75. The number of hydrogen-bond acceptors (Lipinski definition) is 5. The lowest BCUT2D eigenvalue weighted by molar-refractivity contribution is -0.153. The minimum absolute atomic E-state index is 0.110. The second-order valence-corrected chi connectivity index (χ2v) is 6.81. The van der Waals surface area contributed by atoms with Gasteiger partial charge in [0, 0.05) is 13.3 Å². The molecule has 1 saturated heterocycles. The summed E-state index contributed by atoms with van der Waals surface area (Å²) in [6.07, 6.45) is 4.90. The number of carbonyl (C=O) groups is 3. The molecular weight excluding hydrogens is 307 g/mol. The van der Waals surface area contributed by atoms with Gasteiger partial charge in [-0.3, -0.25) is 19.3 Å². The van der Waals surface area contributed by atoms with Crippen molar-refractivity contribution in [2.45, 2.75) is 31.8 Å². The zero-order chi connectivity index (χ0) is 16.4. The maximum atomic E-state index is 12.3. The van der Waals surface area contributed by atoms with Gasteiger partial charge in [-0.2, -0.15) is 4.52 Å². The molecule has 2 amide bonds. The van der Waals surface area contributed by atoms with E-state index in [9.17, 15) is 14.4 Å². The van der Waals surface area contributed by atoms with E-state index >= 15 is 0 Å². The largest absolute Gasteiger partial charge is 0.499 e. The summed E-state index contributed by atoms with van der Waals surface area (Å²) in [5.41, 5.74) is 0.306.